The maximum Gasteiger partial charge on any atom is 0.262 e. The van der Waals surface area contributed by atoms with Crippen molar-refractivity contribution in [1.82, 2.24) is 4.90 Å². The molecule has 0 unspecified atom stereocenters. The zero-order valence-corrected chi connectivity index (χ0v) is 12.1. The van der Waals surface area contributed by atoms with Crippen LogP contribution in [0.15, 0.2) is 34.5 Å². The molecular weight excluding hydrogens is 318 g/mol. The van der Waals surface area contributed by atoms with E-state index in [9.17, 15) is 19.2 Å². The fraction of sp³-hybridized carbons (Fsp3) is 0.231. The Morgan fingerprint density at radius 3 is 2.08 bits per heavy atom. The Bertz CT molecular complexity index is 801. The van der Waals surface area contributed by atoms with Crippen molar-refractivity contribution in [2.75, 3.05) is 0 Å². The summed E-state index contributed by atoms with van der Waals surface area (Å²) in [5.74, 6) is -3.40. The first-order valence-electron chi connectivity index (χ1n) is 6.65. The van der Waals surface area contributed by atoms with Gasteiger partial charge in [-0.05, 0) is 39.8 Å². The van der Waals surface area contributed by atoms with Crippen molar-refractivity contribution < 1.29 is 19.2 Å². The predicted molar refractivity (Wildman–Crippen MR) is 78.3 cm³/mol. The number of rotatable bonds is 5. The summed E-state index contributed by atoms with van der Waals surface area (Å²) in [5.41, 5.74) is 16.8. The lowest BCUT2D eigenvalue weighted by molar-refractivity contribution is -0.122. The summed E-state index contributed by atoms with van der Waals surface area (Å²) >= 11 is 0. The van der Waals surface area contributed by atoms with E-state index in [4.69, 9.17) is 11.1 Å². The van der Waals surface area contributed by atoms with Crippen LogP contribution in [0, 0.1) is 0 Å². The van der Waals surface area contributed by atoms with Gasteiger partial charge in [0.05, 0.1) is 11.1 Å². The zero-order chi connectivity index (χ0) is 17.7. The second-order valence-corrected chi connectivity index (χ2v) is 4.69. The SMILES string of the molecule is [N-]=[N+]=NC(=O)CC[C@@H](C(=O)N=[N+]=[N-])N1C(=O)c2ccccc2C1=O. The number of nitrogens with zero attached hydrogens (tertiary/aromatic N) is 7. The lowest BCUT2D eigenvalue weighted by Gasteiger charge is -2.23. The van der Waals surface area contributed by atoms with E-state index in [0.29, 0.717) is 4.90 Å². The zero-order valence-electron chi connectivity index (χ0n) is 12.1. The molecule has 4 amide bonds. The molecule has 0 fully saturated rings. The van der Waals surface area contributed by atoms with E-state index in [1.165, 1.54) is 12.1 Å². The highest BCUT2D eigenvalue weighted by Crippen LogP contribution is 2.26. The van der Waals surface area contributed by atoms with Crippen molar-refractivity contribution in [3.8, 4) is 0 Å². The summed E-state index contributed by atoms with van der Waals surface area (Å²) < 4.78 is 0. The van der Waals surface area contributed by atoms with Crippen molar-refractivity contribution in [3.05, 3.63) is 56.3 Å². The van der Waals surface area contributed by atoms with Gasteiger partial charge < -0.3 is 0 Å². The van der Waals surface area contributed by atoms with Crippen LogP contribution in [-0.4, -0.2) is 34.6 Å². The van der Waals surface area contributed by atoms with Crippen LogP contribution in [0.3, 0.4) is 0 Å². The Labute approximate surface area is 134 Å². The minimum atomic E-state index is -1.45. The number of carbonyl (C=O) groups excluding carboxylic acids is 4. The van der Waals surface area contributed by atoms with Crippen LogP contribution in [0.1, 0.15) is 33.6 Å². The first kappa shape index (κ1) is 16.7. The third kappa shape index (κ3) is 3.07. The summed E-state index contributed by atoms with van der Waals surface area (Å²) in [6.45, 7) is 0. The standard InChI is InChI=1S/C13H9N7O4/c14-18-16-10(21)6-5-9(11(22)17-19-15)20-12(23)7-3-1-2-4-8(7)13(20)24/h1-4,9H,5-6H2/t9-/m0/s1. The van der Waals surface area contributed by atoms with Gasteiger partial charge >= 0.3 is 0 Å². The fourth-order valence-electron chi connectivity index (χ4n) is 2.32. The van der Waals surface area contributed by atoms with Crippen LogP contribution in [0.5, 0.6) is 0 Å². The first-order chi connectivity index (χ1) is 11.5. The average Bonchev–Trinajstić information content (AvgIpc) is 2.81. The topological polar surface area (TPSA) is 169 Å². The van der Waals surface area contributed by atoms with E-state index in [1.54, 1.807) is 12.1 Å². The van der Waals surface area contributed by atoms with Gasteiger partial charge in [-0.15, -0.1) is 0 Å². The molecule has 0 N–H and O–H groups in total. The van der Waals surface area contributed by atoms with Gasteiger partial charge in [0.2, 0.25) is 11.8 Å². The molecule has 120 valence electrons. The van der Waals surface area contributed by atoms with Gasteiger partial charge in [-0.25, -0.2) is 0 Å². The van der Waals surface area contributed by atoms with Crippen LogP contribution in [0.2, 0.25) is 0 Å². The lowest BCUT2D eigenvalue weighted by Crippen LogP contribution is -2.44. The quantitative estimate of drug-likeness (QED) is 0.349. The van der Waals surface area contributed by atoms with Gasteiger partial charge in [-0.2, -0.15) is 0 Å². The minimum absolute atomic E-state index is 0.114. The summed E-state index contributed by atoms with van der Waals surface area (Å²) in [6, 6.07) is 4.52. The summed E-state index contributed by atoms with van der Waals surface area (Å²) in [7, 11) is 0. The van der Waals surface area contributed by atoms with E-state index >= 15 is 0 Å². The Morgan fingerprint density at radius 2 is 1.58 bits per heavy atom. The monoisotopic (exact) mass is 327 g/mol. The number of hydrogen-bond acceptors (Lipinski definition) is 4. The van der Waals surface area contributed by atoms with E-state index in [2.05, 4.69) is 20.1 Å². The van der Waals surface area contributed by atoms with E-state index in [1.807, 2.05) is 0 Å². The Hall–Kier alpha value is -3.68. The molecule has 11 nitrogen and oxygen atoms in total. The second kappa shape index (κ2) is 7.05. The number of hydrogen-bond donors (Lipinski definition) is 0. The molecule has 1 atom stereocenters. The van der Waals surface area contributed by atoms with Crippen molar-refractivity contribution in [1.29, 1.82) is 0 Å². The number of imide groups is 1. The third-order valence-corrected chi connectivity index (χ3v) is 3.35. The normalized spacial score (nSPS) is 13.6. The van der Waals surface area contributed by atoms with Crippen LogP contribution >= 0.6 is 0 Å². The van der Waals surface area contributed by atoms with Gasteiger partial charge in [-0.1, -0.05) is 12.1 Å². The average molecular weight is 327 g/mol. The number of benzene rings is 1. The highest BCUT2D eigenvalue weighted by Gasteiger charge is 2.42. The molecular formula is C13H9N7O4. The minimum Gasteiger partial charge on any atom is -0.293 e. The lowest BCUT2D eigenvalue weighted by atomic mass is 10.1. The fourth-order valence-corrected chi connectivity index (χ4v) is 2.32. The van der Waals surface area contributed by atoms with E-state index < -0.39 is 36.1 Å². The van der Waals surface area contributed by atoms with Gasteiger partial charge in [0.15, 0.2) is 0 Å². The molecule has 2 rings (SSSR count). The highest BCUT2D eigenvalue weighted by atomic mass is 16.2. The molecule has 1 aliphatic heterocycles. The van der Waals surface area contributed by atoms with Crippen LogP contribution in [0.4, 0.5) is 0 Å². The first-order valence-corrected chi connectivity index (χ1v) is 6.65. The van der Waals surface area contributed by atoms with Crippen molar-refractivity contribution in [2.45, 2.75) is 18.9 Å². The molecule has 1 aromatic carbocycles. The number of azide groups is 2. The molecule has 1 heterocycles. The molecule has 1 aliphatic rings. The van der Waals surface area contributed by atoms with Gasteiger partial charge in [0, 0.05) is 16.2 Å². The largest absolute Gasteiger partial charge is 0.293 e. The Kier molecular flexibility index (Phi) is 4.90. The molecule has 0 bridgehead atoms. The van der Waals surface area contributed by atoms with Crippen molar-refractivity contribution in [2.24, 2.45) is 10.2 Å². The van der Waals surface area contributed by atoms with Crippen LogP contribution in [0.25, 0.3) is 20.9 Å². The predicted octanol–water partition coefficient (Wildman–Crippen LogP) is 2.11. The third-order valence-electron chi connectivity index (χ3n) is 3.35. The maximum atomic E-state index is 12.4. The van der Waals surface area contributed by atoms with Gasteiger partial charge in [-0.3, -0.25) is 24.1 Å². The second-order valence-electron chi connectivity index (χ2n) is 4.69. The van der Waals surface area contributed by atoms with Crippen molar-refractivity contribution >= 4 is 23.6 Å². The van der Waals surface area contributed by atoms with E-state index in [-0.39, 0.29) is 17.5 Å². The van der Waals surface area contributed by atoms with Crippen LogP contribution < -0.4 is 0 Å². The molecule has 1 aromatic rings. The molecule has 11 heteroatoms. The molecule has 0 spiro atoms. The molecule has 0 radical (unpaired) electrons. The van der Waals surface area contributed by atoms with Gasteiger partial charge in [0.1, 0.15) is 6.04 Å². The number of fused-ring (bicyclic) bond motifs is 1. The summed E-state index contributed by atoms with van der Waals surface area (Å²) in [5, 5.41) is 5.75. The molecule has 0 aromatic heterocycles. The summed E-state index contributed by atoms with van der Waals surface area (Å²) in [6.07, 6.45) is -0.712. The maximum absolute atomic E-state index is 12.4. The molecule has 0 saturated carbocycles. The van der Waals surface area contributed by atoms with E-state index in [0.717, 1.165) is 0 Å². The Morgan fingerprint density at radius 1 is 1.04 bits per heavy atom. The Balaban J connectivity index is 2.34. The van der Waals surface area contributed by atoms with Crippen LogP contribution in [-0.2, 0) is 9.59 Å². The van der Waals surface area contributed by atoms with Crippen molar-refractivity contribution in [3.63, 3.8) is 0 Å². The molecule has 0 saturated heterocycles. The van der Waals surface area contributed by atoms with Gasteiger partial charge in [0.25, 0.3) is 11.8 Å². The smallest absolute Gasteiger partial charge is 0.262 e. The molecule has 0 aliphatic carbocycles. The number of amides is 4. The number of carbonyl (C=O) groups is 4. The molecule has 24 heavy (non-hydrogen) atoms. The highest BCUT2D eigenvalue weighted by molar-refractivity contribution is 6.22. The summed E-state index contributed by atoms with van der Waals surface area (Å²) in [4.78, 5) is 53.3.